The molecule has 0 spiro atoms. The Balaban J connectivity index is 1.50. The Labute approximate surface area is 128 Å². The summed E-state index contributed by atoms with van der Waals surface area (Å²) in [6.45, 7) is 6.17. The predicted octanol–water partition coefficient (Wildman–Crippen LogP) is 2.39. The minimum atomic E-state index is 0.873. The van der Waals surface area contributed by atoms with E-state index >= 15 is 0 Å². The fourth-order valence-corrected chi connectivity index (χ4v) is 3.39. The van der Waals surface area contributed by atoms with Gasteiger partial charge in [-0.1, -0.05) is 0 Å². The Morgan fingerprint density at radius 2 is 1.68 bits per heavy atom. The van der Waals surface area contributed by atoms with Crippen LogP contribution in [0.1, 0.15) is 25.7 Å². The molecule has 2 aliphatic heterocycles. The Bertz CT molecular complexity index is 394. The molecule has 1 aromatic heterocycles. The summed E-state index contributed by atoms with van der Waals surface area (Å²) in [7, 11) is 0. The van der Waals surface area contributed by atoms with Crippen LogP contribution in [-0.2, 0) is 0 Å². The molecule has 0 radical (unpaired) electrons. The molecule has 3 heterocycles. The topological polar surface area (TPSA) is 32.3 Å². The van der Waals surface area contributed by atoms with Crippen LogP contribution in [0.2, 0.25) is 0 Å². The van der Waals surface area contributed by atoms with E-state index in [4.69, 9.17) is 0 Å². The van der Waals surface area contributed by atoms with Gasteiger partial charge in [0.2, 0.25) is 5.95 Å². The van der Waals surface area contributed by atoms with Crippen molar-refractivity contribution in [2.45, 2.75) is 25.7 Å². The lowest BCUT2D eigenvalue weighted by molar-refractivity contribution is 0.249. The molecule has 0 aromatic carbocycles. The highest BCUT2D eigenvalue weighted by atomic mass is 127. The minimum absolute atomic E-state index is 0.873. The Morgan fingerprint density at radius 1 is 1.05 bits per heavy atom. The Hall–Kier alpha value is -0.430. The third kappa shape index (κ3) is 3.56. The van der Waals surface area contributed by atoms with Crippen LogP contribution >= 0.6 is 22.6 Å². The van der Waals surface area contributed by atoms with Gasteiger partial charge in [0.1, 0.15) is 0 Å². The van der Waals surface area contributed by atoms with Crippen LogP contribution in [0.5, 0.6) is 0 Å². The first-order chi connectivity index (χ1) is 9.31. The summed E-state index contributed by atoms with van der Waals surface area (Å²) in [5.41, 5.74) is 0. The largest absolute Gasteiger partial charge is 0.341 e. The number of hydrogen-bond acceptors (Lipinski definition) is 4. The molecule has 3 rings (SSSR count). The lowest BCUT2D eigenvalue weighted by Crippen LogP contribution is -2.38. The molecule has 2 aliphatic rings. The standard InChI is InChI=1S/C14H21IN4/c15-13-9-16-14(17-10-13)19-7-3-12(4-8-19)11-18-5-1-2-6-18/h9-10,12H,1-8,11H2. The first-order valence-corrected chi connectivity index (χ1v) is 8.34. The second-order valence-electron chi connectivity index (χ2n) is 5.64. The Kier molecular flexibility index (Phi) is 4.53. The van der Waals surface area contributed by atoms with Crippen LogP contribution in [0.25, 0.3) is 0 Å². The summed E-state index contributed by atoms with van der Waals surface area (Å²) < 4.78 is 1.10. The normalized spacial score (nSPS) is 22.1. The molecular formula is C14H21IN4. The van der Waals surface area contributed by atoms with Crippen molar-refractivity contribution in [3.8, 4) is 0 Å². The van der Waals surface area contributed by atoms with E-state index in [0.29, 0.717) is 0 Å². The molecule has 5 heteroatoms. The summed E-state index contributed by atoms with van der Waals surface area (Å²) >= 11 is 2.25. The number of nitrogens with zero attached hydrogens (tertiary/aromatic N) is 4. The van der Waals surface area contributed by atoms with Gasteiger partial charge in [0, 0.05) is 35.6 Å². The average molecular weight is 372 g/mol. The third-order valence-corrected chi connectivity index (χ3v) is 4.78. The third-order valence-electron chi connectivity index (χ3n) is 4.22. The highest BCUT2D eigenvalue weighted by Gasteiger charge is 2.23. The van der Waals surface area contributed by atoms with E-state index in [1.54, 1.807) is 0 Å². The van der Waals surface area contributed by atoms with Gasteiger partial charge in [0.15, 0.2) is 0 Å². The van der Waals surface area contributed by atoms with Gasteiger partial charge in [-0.25, -0.2) is 9.97 Å². The van der Waals surface area contributed by atoms with Gasteiger partial charge in [-0.05, 0) is 67.3 Å². The number of halogens is 1. The van der Waals surface area contributed by atoms with Crippen molar-refractivity contribution in [1.29, 1.82) is 0 Å². The molecule has 0 bridgehead atoms. The lowest BCUT2D eigenvalue weighted by Gasteiger charge is -2.33. The van der Waals surface area contributed by atoms with Crippen molar-refractivity contribution in [1.82, 2.24) is 14.9 Å². The molecule has 1 aromatic rings. The lowest BCUT2D eigenvalue weighted by atomic mass is 9.96. The van der Waals surface area contributed by atoms with Crippen LogP contribution in [0, 0.1) is 9.49 Å². The van der Waals surface area contributed by atoms with E-state index in [-0.39, 0.29) is 0 Å². The van der Waals surface area contributed by atoms with E-state index in [1.165, 1.54) is 45.3 Å². The molecule has 0 amide bonds. The number of likely N-dealkylation sites (tertiary alicyclic amines) is 1. The smallest absolute Gasteiger partial charge is 0.225 e. The molecule has 0 aliphatic carbocycles. The zero-order valence-corrected chi connectivity index (χ0v) is 13.4. The maximum Gasteiger partial charge on any atom is 0.225 e. The second kappa shape index (κ2) is 6.35. The molecule has 2 fully saturated rings. The van der Waals surface area contributed by atoms with Crippen molar-refractivity contribution >= 4 is 28.5 Å². The quantitative estimate of drug-likeness (QED) is 0.763. The highest BCUT2D eigenvalue weighted by molar-refractivity contribution is 14.1. The molecule has 0 N–H and O–H groups in total. The van der Waals surface area contributed by atoms with Crippen LogP contribution in [0.3, 0.4) is 0 Å². The van der Waals surface area contributed by atoms with E-state index in [9.17, 15) is 0 Å². The van der Waals surface area contributed by atoms with Gasteiger partial charge in [-0.15, -0.1) is 0 Å². The number of aromatic nitrogens is 2. The monoisotopic (exact) mass is 372 g/mol. The Morgan fingerprint density at radius 3 is 2.32 bits per heavy atom. The van der Waals surface area contributed by atoms with Crippen molar-refractivity contribution in [2.24, 2.45) is 5.92 Å². The fraction of sp³-hybridized carbons (Fsp3) is 0.714. The molecule has 4 nitrogen and oxygen atoms in total. The van der Waals surface area contributed by atoms with Crippen molar-refractivity contribution in [3.05, 3.63) is 16.0 Å². The number of piperidine rings is 1. The van der Waals surface area contributed by atoms with Gasteiger partial charge in [-0.3, -0.25) is 0 Å². The van der Waals surface area contributed by atoms with Gasteiger partial charge < -0.3 is 9.80 Å². The van der Waals surface area contributed by atoms with Gasteiger partial charge >= 0.3 is 0 Å². The van der Waals surface area contributed by atoms with Crippen molar-refractivity contribution in [2.75, 3.05) is 37.6 Å². The summed E-state index contributed by atoms with van der Waals surface area (Å²) in [5, 5.41) is 0. The van der Waals surface area contributed by atoms with Crippen molar-refractivity contribution in [3.63, 3.8) is 0 Å². The zero-order chi connectivity index (χ0) is 13.1. The highest BCUT2D eigenvalue weighted by Crippen LogP contribution is 2.22. The second-order valence-corrected chi connectivity index (χ2v) is 6.89. The SMILES string of the molecule is Ic1cnc(N2CCC(CN3CCCC3)CC2)nc1. The molecule has 2 saturated heterocycles. The molecule has 0 saturated carbocycles. The summed E-state index contributed by atoms with van der Waals surface area (Å²) in [4.78, 5) is 13.8. The first kappa shape index (κ1) is 13.5. The molecule has 0 atom stereocenters. The molecule has 104 valence electrons. The summed E-state index contributed by atoms with van der Waals surface area (Å²) in [6.07, 6.45) is 9.17. The predicted molar refractivity (Wildman–Crippen MR) is 85.4 cm³/mol. The molecule has 0 unspecified atom stereocenters. The first-order valence-electron chi connectivity index (χ1n) is 7.26. The molecule has 19 heavy (non-hydrogen) atoms. The average Bonchev–Trinajstić information content (AvgIpc) is 2.94. The van der Waals surface area contributed by atoms with Crippen LogP contribution in [-0.4, -0.2) is 47.6 Å². The molecular weight excluding hydrogens is 351 g/mol. The maximum absolute atomic E-state index is 4.43. The van der Waals surface area contributed by atoms with Gasteiger partial charge in [0.05, 0.1) is 0 Å². The van der Waals surface area contributed by atoms with E-state index in [1.807, 2.05) is 12.4 Å². The van der Waals surface area contributed by atoms with Crippen LogP contribution in [0.15, 0.2) is 12.4 Å². The minimum Gasteiger partial charge on any atom is -0.341 e. The van der Waals surface area contributed by atoms with Crippen LogP contribution < -0.4 is 4.90 Å². The van der Waals surface area contributed by atoms with Gasteiger partial charge in [0.25, 0.3) is 0 Å². The number of rotatable bonds is 3. The summed E-state index contributed by atoms with van der Waals surface area (Å²) in [6, 6.07) is 0. The van der Waals surface area contributed by atoms with Crippen molar-refractivity contribution < 1.29 is 0 Å². The summed E-state index contributed by atoms with van der Waals surface area (Å²) in [5.74, 6) is 1.78. The fourth-order valence-electron chi connectivity index (χ4n) is 3.11. The van der Waals surface area contributed by atoms with E-state index < -0.39 is 0 Å². The van der Waals surface area contributed by atoms with E-state index in [2.05, 4.69) is 42.4 Å². The number of anilines is 1. The number of hydrogen-bond donors (Lipinski definition) is 0. The maximum atomic E-state index is 4.43. The van der Waals surface area contributed by atoms with Gasteiger partial charge in [-0.2, -0.15) is 0 Å². The van der Waals surface area contributed by atoms with E-state index in [0.717, 1.165) is 28.5 Å². The zero-order valence-electron chi connectivity index (χ0n) is 11.3. The van der Waals surface area contributed by atoms with Crippen LogP contribution in [0.4, 0.5) is 5.95 Å².